The van der Waals surface area contributed by atoms with E-state index in [-0.39, 0.29) is 17.3 Å². The Morgan fingerprint density at radius 3 is 2.46 bits per heavy atom. The molecule has 1 aliphatic heterocycles. The summed E-state index contributed by atoms with van der Waals surface area (Å²) in [7, 11) is 1.78. The second-order valence-electron chi connectivity index (χ2n) is 3.21. The molecule has 1 aromatic carbocycles. The Morgan fingerprint density at radius 2 is 1.92 bits per heavy atom. The van der Waals surface area contributed by atoms with Crippen molar-refractivity contribution in [1.29, 1.82) is 0 Å². The number of carbonyl (C=O) groups is 1. The maximum Gasteiger partial charge on any atom is 0.243 e. The van der Waals surface area contributed by atoms with Crippen LogP contribution in [0.2, 0.25) is 0 Å². The van der Waals surface area contributed by atoms with Gasteiger partial charge in [0, 0.05) is 7.05 Å². The second-order valence-corrected chi connectivity index (χ2v) is 3.68. The highest BCUT2D eigenvalue weighted by Gasteiger charge is 2.44. The van der Waals surface area contributed by atoms with Gasteiger partial charge in [-0.05, 0) is 5.56 Å². The van der Waals surface area contributed by atoms with Crippen molar-refractivity contribution in [2.45, 2.75) is 11.4 Å². The molecule has 0 saturated carbocycles. The fourth-order valence-electron chi connectivity index (χ4n) is 1.62. The van der Waals surface area contributed by atoms with Gasteiger partial charge in [0.25, 0.3) is 0 Å². The van der Waals surface area contributed by atoms with Crippen LogP contribution in [0.3, 0.4) is 0 Å². The molecule has 13 heavy (non-hydrogen) atoms. The standard InChI is InChI=1S/C10H10ClNO/c1-12-9(8(11)10(12)13)7-5-3-2-4-6-7/h2-6,8-9H,1H3/t8-,9+/m0/s1. The average Bonchev–Trinajstić information content (AvgIpc) is 2.19. The van der Waals surface area contributed by atoms with Crippen molar-refractivity contribution in [1.82, 2.24) is 4.90 Å². The number of hydrogen-bond acceptors (Lipinski definition) is 1. The number of hydrogen-bond donors (Lipinski definition) is 0. The van der Waals surface area contributed by atoms with Crippen LogP contribution < -0.4 is 0 Å². The summed E-state index contributed by atoms with van der Waals surface area (Å²) < 4.78 is 0. The molecule has 0 spiro atoms. The van der Waals surface area contributed by atoms with Gasteiger partial charge in [-0.1, -0.05) is 30.3 Å². The van der Waals surface area contributed by atoms with Gasteiger partial charge in [0.2, 0.25) is 5.91 Å². The van der Waals surface area contributed by atoms with Gasteiger partial charge in [0.1, 0.15) is 5.38 Å². The van der Waals surface area contributed by atoms with Crippen molar-refractivity contribution in [2.75, 3.05) is 7.05 Å². The molecule has 2 rings (SSSR count). The van der Waals surface area contributed by atoms with E-state index in [4.69, 9.17) is 11.6 Å². The highest BCUT2D eigenvalue weighted by molar-refractivity contribution is 6.33. The third kappa shape index (κ3) is 1.22. The summed E-state index contributed by atoms with van der Waals surface area (Å²) in [6.45, 7) is 0. The van der Waals surface area contributed by atoms with Crippen molar-refractivity contribution >= 4 is 17.5 Å². The lowest BCUT2D eigenvalue weighted by Gasteiger charge is -2.41. The molecule has 68 valence electrons. The highest BCUT2D eigenvalue weighted by Crippen LogP contribution is 2.36. The fraction of sp³-hybridized carbons (Fsp3) is 0.300. The van der Waals surface area contributed by atoms with Crippen LogP contribution in [0.25, 0.3) is 0 Å². The number of likely N-dealkylation sites (tertiary alicyclic amines) is 1. The highest BCUT2D eigenvalue weighted by atomic mass is 35.5. The van der Waals surface area contributed by atoms with Gasteiger partial charge < -0.3 is 4.90 Å². The number of halogens is 1. The van der Waals surface area contributed by atoms with E-state index >= 15 is 0 Å². The average molecular weight is 196 g/mol. The maximum absolute atomic E-state index is 11.1. The summed E-state index contributed by atoms with van der Waals surface area (Å²) in [4.78, 5) is 12.8. The molecule has 0 unspecified atom stereocenters. The summed E-state index contributed by atoms with van der Waals surface area (Å²) in [6.07, 6.45) is 0. The first-order valence-corrected chi connectivity index (χ1v) is 4.61. The van der Waals surface area contributed by atoms with Gasteiger partial charge in [0.15, 0.2) is 0 Å². The van der Waals surface area contributed by atoms with Crippen molar-refractivity contribution < 1.29 is 4.79 Å². The van der Waals surface area contributed by atoms with Gasteiger partial charge in [-0.3, -0.25) is 4.79 Å². The fourth-order valence-corrected chi connectivity index (χ4v) is 2.09. The molecule has 1 fully saturated rings. The van der Waals surface area contributed by atoms with Crippen LogP contribution in [-0.2, 0) is 4.79 Å². The van der Waals surface area contributed by atoms with E-state index in [9.17, 15) is 4.79 Å². The summed E-state index contributed by atoms with van der Waals surface area (Å²) >= 11 is 5.90. The minimum atomic E-state index is -0.382. The van der Waals surface area contributed by atoms with E-state index in [1.165, 1.54) is 0 Å². The summed E-state index contributed by atoms with van der Waals surface area (Å²) in [5, 5.41) is -0.382. The lowest BCUT2D eigenvalue weighted by molar-refractivity contribution is -0.142. The zero-order valence-corrected chi connectivity index (χ0v) is 8.03. The number of nitrogens with zero attached hydrogens (tertiary/aromatic N) is 1. The Balaban J connectivity index is 2.25. The second kappa shape index (κ2) is 3.04. The monoisotopic (exact) mass is 195 g/mol. The van der Waals surface area contributed by atoms with Crippen molar-refractivity contribution in [3.63, 3.8) is 0 Å². The van der Waals surface area contributed by atoms with E-state index < -0.39 is 0 Å². The van der Waals surface area contributed by atoms with E-state index in [1.807, 2.05) is 30.3 Å². The molecule has 2 nitrogen and oxygen atoms in total. The van der Waals surface area contributed by atoms with Crippen LogP contribution in [-0.4, -0.2) is 23.2 Å². The van der Waals surface area contributed by atoms with Gasteiger partial charge >= 0.3 is 0 Å². The molecule has 2 atom stereocenters. The molecule has 1 aliphatic rings. The van der Waals surface area contributed by atoms with Crippen LogP contribution >= 0.6 is 11.6 Å². The number of amides is 1. The minimum absolute atomic E-state index is 0.00974. The third-order valence-corrected chi connectivity index (χ3v) is 2.84. The van der Waals surface area contributed by atoms with Crippen LogP contribution in [0.15, 0.2) is 30.3 Å². The van der Waals surface area contributed by atoms with Crippen LogP contribution in [0, 0.1) is 0 Å². The Kier molecular flexibility index (Phi) is 2.00. The zero-order chi connectivity index (χ0) is 9.42. The zero-order valence-electron chi connectivity index (χ0n) is 7.27. The number of β-lactam (4-membered cyclic amide) rings is 1. The number of rotatable bonds is 1. The molecular weight excluding hydrogens is 186 g/mol. The van der Waals surface area contributed by atoms with Gasteiger partial charge in [0.05, 0.1) is 6.04 Å². The number of carbonyl (C=O) groups excluding carboxylic acids is 1. The van der Waals surface area contributed by atoms with Crippen LogP contribution in [0.4, 0.5) is 0 Å². The predicted molar refractivity (Wildman–Crippen MR) is 51.6 cm³/mol. The topological polar surface area (TPSA) is 20.3 Å². The summed E-state index contributed by atoms with van der Waals surface area (Å²) in [5.74, 6) is 0.00974. The molecular formula is C10H10ClNO. The first-order chi connectivity index (χ1) is 6.22. The Labute approximate surface area is 82.1 Å². The molecule has 3 heteroatoms. The molecule has 0 aromatic heterocycles. The minimum Gasteiger partial charge on any atom is -0.335 e. The molecule has 1 saturated heterocycles. The Bertz CT molecular complexity index is 313. The molecule has 1 heterocycles. The lowest BCUT2D eigenvalue weighted by Crippen LogP contribution is -2.53. The molecule has 1 aromatic rings. The normalized spacial score (nSPS) is 27.2. The summed E-state index contributed by atoms with van der Waals surface area (Å²) in [6, 6.07) is 9.89. The van der Waals surface area contributed by atoms with E-state index in [1.54, 1.807) is 11.9 Å². The molecule has 0 radical (unpaired) electrons. The van der Waals surface area contributed by atoms with E-state index in [2.05, 4.69) is 0 Å². The van der Waals surface area contributed by atoms with Crippen molar-refractivity contribution in [2.24, 2.45) is 0 Å². The predicted octanol–water partition coefficient (Wildman–Crippen LogP) is 1.81. The molecule has 0 bridgehead atoms. The van der Waals surface area contributed by atoms with Crippen LogP contribution in [0.1, 0.15) is 11.6 Å². The van der Waals surface area contributed by atoms with Crippen molar-refractivity contribution in [3.8, 4) is 0 Å². The van der Waals surface area contributed by atoms with Crippen molar-refractivity contribution in [3.05, 3.63) is 35.9 Å². The molecule has 0 N–H and O–H groups in total. The summed E-state index contributed by atoms with van der Waals surface area (Å²) in [5.41, 5.74) is 1.10. The first kappa shape index (κ1) is 8.57. The Hall–Kier alpha value is -1.02. The quantitative estimate of drug-likeness (QED) is 0.495. The largest absolute Gasteiger partial charge is 0.335 e. The molecule has 0 aliphatic carbocycles. The maximum atomic E-state index is 11.1. The van der Waals surface area contributed by atoms with Gasteiger partial charge in [-0.25, -0.2) is 0 Å². The van der Waals surface area contributed by atoms with Gasteiger partial charge in [-0.15, -0.1) is 11.6 Å². The first-order valence-electron chi connectivity index (χ1n) is 4.17. The van der Waals surface area contributed by atoms with Crippen LogP contribution in [0.5, 0.6) is 0 Å². The number of alkyl halides is 1. The third-order valence-electron chi connectivity index (χ3n) is 2.42. The van der Waals surface area contributed by atoms with E-state index in [0.717, 1.165) is 5.56 Å². The van der Waals surface area contributed by atoms with E-state index in [0.29, 0.717) is 0 Å². The molecule has 1 amide bonds. The smallest absolute Gasteiger partial charge is 0.243 e. The lowest BCUT2D eigenvalue weighted by atomic mass is 9.94. The van der Waals surface area contributed by atoms with Gasteiger partial charge in [-0.2, -0.15) is 0 Å². The SMILES string of the molecule is CN1C(=O)[C@@H](Cl)[C@H]1c1ccccc1. The Morgan fingerprint density at radius 1 is 1.31 bits per heavy atom. The number of benzene rings is 1.